The van der Waals surface area contributed by atoms with Crippen molar-refractivity contribution in [3.8, 4) is 0 Å². The number of amides is 2. The van der Waals surface area contributed by atoms with Crippen molar-refractivity contribution in [2.24, 2.45) is 5.73 Å². The Labute approximate surface area is 179 Å². The number of rotatable bonds is 5. The molecule has 0 spiro atoms. The van der Waals surface area contributed by atoms with Crippen LogP contribution in [0.4, 0.5) is 11.4 Å². The van der Waals surface area contributed by atoms with Gasteiger partial charge in [-0.05, 0) is 63.7 Å². The van der Waals surface area contributed by atoms with Gasteiger partial charge in [0.1, 0.15) is 0 Å². The van der Waals surface area contributed by atoms with Gasteiger partial charge in [0.05, 0.1) is 12.6 Å². The molecular formula is C19H31Cl2N5O2. The molecule has 2 heterocycles. The first-order valence-electron chi connectivity index (χ1n) is 9.40. The van der Waals surface area contributed by atoms with Crippen molar-refractivity contribution in [3.05, 3.63) is 24.3 Å². The number of halogens is 2. The lowest BCUT2D eigenvalue weighted by atomic mass is 10.1. The topological polar surface area (TPSA) is 90.7 Å². The zero-order valence-corrected chi connectivity index (χ0v) is 17.9. The largest absolute Gasteiger partial charge is 0.326 e. The minimum Gasteiger partial charge on any atom is -0.326 e. The number of carbonyl (C=O) groups excluding carboxylic acids is 2. The number of nitrogens with one attached hydrogen (secondary N) is 2. The third-order valence-corrected chi connectivity index (χ3v) is 5.14. The number of anilines is 2. The number of likely N-dealkylation sites (N-methyl/N-ethyl adjacent to an activating group) is 1. The van der Waals surface area contributed by atoms with E-state index in [-0.39, 0.29) is 48.7 Å². The lowest BCUT2D eigenvalue weighted by Gasteiger charge is -2.25. The lowest BCUT2D eigenvalue weighted by molar-refractivity contribution is -0.120. The summed E-state index contributed by atoms with van der Waals surface area (Å²) in [5.41, 5.74) is 7.38. The molecule has 9 heteroatoms. The smallest absolute Gasteiger partial charge is 0.241 e. The van der Waals surface area contributed by atoms with Gasteiger partial charge in [0.25, 0.3) is 0 Å². The number of piperidine rings is 1. The van der Waals surface area contributed by atoms with Crippen molar-refractivity contribution >= 4 is 48.0 Å². The second-order valence-corrected chi connectivity index (χ2v) is 7.40. The molecule has 158 valence electrons. The second kappa shape index (κ2) is 11.6. The van der Waals surface area contributed by atoms with Gasteiger partial charge in [0.15, 0.2) is 0 Å². The number of hydrogen-bond donors (Lipinski definition) is 3. The van der Waals surface area contributed by atoms with Crippen LogP contribution in [0.25, 0.3) is 0 Å². The van der Waals surface area contributed by atoms with Crippen molar-refractivity contribution in [2.45, 2.75) is 37.8 Å². The Hall–Kier alpha value is -1.38. The first-order valence-corrected chi connectivity index (χ1v) is 9.40. The fourth-order valence-electron chi connectivity index (χ4n) is 3.73. The van der Waals surface area contributed by atoms with E-state index in [1.54, 1.807) is 0 Å². The van der Waals surface area contributed by atoms with E-state index in [0.29, 0.717) is 13.0 Å². The van der Waals surface area contributed by atoms with E-state index >= 15 is 0 Å². The van der Waals surface area contributed by atoms with Crippen LogP contribution in [0.1, 0.15) is 25.7 Å². The number of nitrogens with zero attached hydrogens (tertiary/aromatic N) is 2. The SMILES string of the molecule is CN1C[C@@H](N)C[C@H]1C(=O)Nc1ccc(NC(=O)CN2CCCCC2)cc1.Cl.Cl. The zero-order valence-electron chi connectivity index (χ0n) is 16.2. The average Bonchev–Trinajstić information content (AvgIpc) is 2.96. The van der Waals surface area contributed by atoms with Crippen LogP contribution in [0.5, 0.6) is 0 Å². The van der Waals surface area contributed by atoms with E-state index < -0.39 is 0 Å². The van der Waals surface area contributed by atoms with Crippen LogP contribution in [-0.4, -0.2) is 66.9 Å². The van der Waals surface area contributed by atoms with Crippen molar-refractivity contribution in [2.75, 3.05) is 43.9 Å². The molecule has 7 nitrogen and oxygen atoms in total. The molecule has 2 atom stereocenters. The molecule has 0 radical (unpaired) electrons. The van der Waals surface area contributed by atoms with Gasteiger partial charge in [-0.1, -0.05) is 6.42 Å². The number of likely N-dealkylation sites (tertiary alicyclic amines) is 2. The third-order valence-electron chi connectivity index (χ3n) is 5.14. The summed E-state index contributed by atoms with van der Waals surface area (Å²) in [6.07, 6.45) is 4.27. The van der Waals surface area contributed by atoms with Crippen molar-refractivity contribution in [3.63, 3.8) is 0 Å². The van der Waals surface area contributed by atoms with Crippen LogP contribution in [0, 0.1) is 0 Å². The molecule has 1 aromatic carbocycles. The van der Waals surface area contributed by atoms with Gasteiger partial charge in [0.2, 0.25) is 11.8 Å². The van der Waals surface area contributed by atoms with E-state index in [2.05, 4.69) is 15.5 Å². The predicted molar refractivity (Wildman–Crippen MR) is 117 cm³/mol. The highest BCUT2D eigenvalue weighted by Gasteiger charge is 2.32. The normalized spacial score (nSPS) is 22.6. The van der Waals surface area contributed by atoms with E-state index in [0.717, 1.165) is 31.0 Å². The average molecular weight is 432 g/mol. The monoisotopic (exact) mass is 431 g/mol. The highest BCUT2D eigenvalue weighted by atomic mass is 35.5. The Morgan fingerprint density at radius 2 is 1.61 bits per heavy atom. The Kier molecular flexibility index (Phi) is 10.2. The molecule has 2 saturated heterocycles. The number of nitrogens with two attached hydrogens (primary N) is 1. The van der Waals surface area contributed by atoms with Crippen LogP contribution in [0.2, 0.25) is 0 Å². The molecule has 28 heavy (non-hydrogen) atoms. The Balaban J connectivity index is 0.00000196. The molecule has 2 aliphatic rings. The summed E-state index contributed by atoms with van der Waals surface area (Å²) in [5.74, 6) is -0.0346. The Morgan fingerprint density at radius 3 is 2.14 bits per heavy atom. The summed E-state index contributed by atoms with van der Waals surface area (Å²) in [6.45, 7) is 3.17. The Bertz CT molecular complexity index is 638. The molecular weight excluding hydrogens is 401 g/mol. The summed E-state index contributed by atoms with van der Waals surface area (Å²) >= 11 is 0. The van der Waals surface area contributed by atoms with Crippen LogP contribution < -0.4 is 16.4 Å². The standard InChI is InChI=1S/C19H29N5O2.2ClH/c1-23-12-14(20)11-17(23)19(26)22-16-7-5-15(6-8-16)21-18(25)13-24-9-3-2-4-10-24;;/h5-8,14,17H,2-4,9-13,20H2,1H3,(H,21,25)(H,22,26);2*1H/t14-,17-;;/m0../s1. The highest BCUT2D eigenvalue weighted by Crippen LogP contribution is 2.18. The molecule has 4 N–H and O–H groups in total. The molecule has 0 aliphatic carbocycles. The predicted octanol–water partition coefficient (Wildman–Crippen LogP) is 1.92. The molecule has 2 aliphatic heterocycles. The quantitative estimate of drug-likeness (QED) is 0.662. The lowest BCUT2D eigenvalue weighted by Crippen LogP contribution is -2.37. The van der Waals surface area contributed by atoms with Gasteiger partial charge in [-0.25, -0.2) is 0 Å². The molecule has 2 fully saturated rings. The fourth-order valence-corrected chi connectivity index (χ4v) is 3.73. The van der Waals surface area contributed by atoms with E-state index in [4.69, 9.17) is 5.73 Å². The molecule has 0 bridgehead atoms. The highest BCUT2D eigenvalue weighted by molar-refractivity contribution is 5.96. The van der Waals surface area contributed by atoms with E-state index in [9.17, 15) is 9.59 Å². The van der Waals surface area contributed by atoms with Crippen LogP contribution in [0.3, 0.4) is 0 Å². The molecule has 2 amide bonds. The fraction of sp³-hybridized carbons (Fsp3) is 0.579. The molecule has 0 aromatic heterocycles. The van der Waals surface area contributed by atoms with Gasteiger partial charge in [-0.3, -0.25) is 19.4 Å². The van der Waals surface area contributed by atoms with Crippen LogP contribution in [0.15, 0.2) is 24.3 Å². The summed E-state index contributed by atoms with van der Waals surface area (Å²) in [5, 5.41) is 5.84. The van der Waals surface area contributed by atoms with Crippen LogP contribution in [-0.2, 0) is 9.59 Å². The maximum absolute atomic E-state index is 12.4. The maximum atomic E-state index is 12.4. The first-order chi connectivity index (χ1) is 12.5. The van der Waals surface area contributed by atoms with Gasteiger partial charge < -0.3 is 16.4 Å². The van der Waals surface area contributed by atoms with Crippen molar-refractivity contribution in [1.82, 2.24) is 9.80 Å². The molecule has 1 aromatic rings. The van der Waals surface area contributed by atoms with Gasteiger partial charge in [-0.15, -0.1) is 24.8 Å². The summed E-state index contributed by atoms with van der Waals surface area (Å²) in [7, 11) is 1.91. The third kappa shape index (κ3) is 6.90. The van der Waals surface area contributed by atoms with Crippen molar-refractivity contribution in [1.29, 1.82) is 0 Å². The van der Waals surface area contributed by atoms with Gasteiger partial charge in [-0.2, -0.15) is 0 Å². The van der Waals surface area contributed by atoms with E-state index in [1.807, 2.05) is 36.2 Å². The van der Waals surface area contributed by atoms with Crippen molar-refractivity contribution < 1.29 is 9.59 Å². The number of hydrogen-bond acceptors (Lipinski definition) is 5. The Morgan fingerprint density at radius 1 is 1.04 bits per heavy atom. The summed E-state index contributed by atoms with van der Waals surface area (Å²) < 4.78 is 0. The zero-order chi connectivity index (χ0) is 18.5. The van der Waals surface area contributed by atoms with Gasteiger partial charge >= 0.3 is 0 Å². The molecule has 0 saturated carbocycles. The minimum absolute atomic E-state index is 0. The summed E-state index contributed by atoms with van der Waals surface area (Å²) in [6, 6.07) is 7.11. The number of benzene rings is 1. The number of carbonyl (C=O) groups is 2. The molecule has 0 unspecified atom stereocenters. The minimum atomic E-state index is -0.186. The van der Waals surface area contributed by atoms with Gasteiger partial charge in [0, 0.05) is 24.0 Å². The second-order valence-electron chi connectivity index (χ2n) is 7.40. The van der Waals surface area contributed by atoms with Crippen LogP contribution >= 0.6 is 24.8 Å². The maximum Gasteiger partial charge on any atom is 0.241 e. The first kappa shape index (κ1) is 24.7. The summed E-state index contributed by atoms with van der Waals surface area (Å²) in [4.78, 5) is 28.7. The van der Waals surface area contributed by atoms with E-state index in [1.165, 1.54) is 19.3 Å². The molecule has 3 rings (SSSR count).